The van der Waals surface area contributed by atoms with E-state index in [0.29, 0.717) is 35.2 Å². The van der Waals surface area contributed by atoms with Crippen LogP contribution in [0.5, 0.6) is 0 Å². The van der Waals surface area contributed by atoms with Gasteiger partial charge in [0.2, 0.25) is 5.78 Å². The molecule has 0 N–H and O–H groups in total. The van der Waals surface area contributed by atoms with Crippen molar-refractivity contribution in [3.63, 3.8) is 0 Å². The highest BCUT2D eigenvalue weighted by Crippen LogP contribution is 2.43. The number of rotatable bonds is 1. The first-order valence-corrected chi connectivity index (χ1v) is 10.3. The summed E-state index contributed by atoms with van der Waals surface area (Å²) in [6.07, 6.45) is 0.980. The lowest BCUT2D eigenvalue weighted by atomic mass is 9.74. The summed E-state index contributed by atoms with van der Waals surface area (Å²) in [7, 11) is 0. The summed E-state index contributed by atoms with van der Waals surface area (Å²) in [4.78, 5) is 40.1. The van der Waals surface area contributed by atoms with Gasteiger partial charge < -0.3 is 4.57 Å². The molecule has 3 aromatic rings. The van der Waals surface area contributed by atoms with Crippen LogP contribution in [0.15, 0.2) is 53.0 Å². The van der Waals surface area contributed by atoms with Crippen LogP contribution >= 0.6 is 15.9 Å². The second kappa shape index (κ2) is 6.10. The van der Waals surface area contributed by atoms with E-state index in [1.807, 2.05) is 42.7 Å². The van der Waals surface area contributed by atoms with Crippen molar-refractivity contribution < 1.29 is 14.4 Å². The van der Waals surface area contributed by atoms with Crippen molar-refractivity contribution in [2.45, 2.75) is 26.7 Å². The lowest BCUT2D eigenvalue weighted by Crippen LogP contribution is -2.28. The van der Waals surface area contributed by atoms with Crippen LogP contribution in [0.3, 0.4) is 0 Å². The van der Waals surface area contributed by atoms with Gasteiger partial charge in [0.15, 0.2) is 11.6 Å². The zero-order chi connectivity index (χ0) is 20.5. The maximum atomic E-state index is 13.5. The number of aromatic nitrogens is 1. The number of benzene rings is 2. The van der Waals surface area contributed by atoms with Gasteiger partial charge in [-0.1, -0.05) is 54.0 Å². The third kappa shape index (κ3) is 2.60. The summed E-state index contributed by atoms with van der Waals surface area (Å²) in [5.41, 5.74) is 3.07. The molecular weight excluding hydrogens is 430 g/mol. The van der Waals surface area contributed by atoms with Crippen LogP contribution in [-0.2, 0) is 6.42 Å². The molecule has 0 radical (unpaired) electrons. The molecule has 0 amide bonds. The second-order valence-corrected chi connectivity index (χ2v) is 9.42. The van der Waals surface area contributed by atoms with E-state index in [1.54, 1.807) is 24.3 Å². The Labute approximate surface area is 176 Å². The number of ketones is 3. The molecule has 0 unspecified atom stereocenters. The number of fused-ring (bicyclic) bond motifs is 4. The summed E-state index contributed by atoms with van der Waals surface area (Å²) in [5, 5.41) is 0. The molecule has 1 aromatic heterocycles. The smallest absolute Gasteiger partial charge is 0.211 e. The fourth-order valence-corrected chi connectivity index (χ4v) is 4.84. The van der Waals surface area contributed by atoms with E-state index < -0.39 is 0 Å². The van der Waals surface area contributed by atoms with Gasteiger partial charge in [0.1, 0.15) is 5.69 Å². The monoisotopic (exact) mass is 447 g/mol. The molecule has 0 spiro atoms. The van der Waals surface area contributed by atoms with E-state index in [4.69, 9.17) is 0 Å². The molecule has 5 heteroatoms. The van der Waals surface area contributed by atoms with Crippen molar-refractivity contribution in [3.05, 3.63) is 86.6 Å². The molecule has 0 saturated heterocycles. The SMILES string of the molecule is CC1(C)CC(=O)c2c3c(n(-c4ccc(Br)cc4)c2C1)C(=O)c1ccccc1C3=O. The standard InChI is InChI=1S/C24H18BrNO3/c1-24(2)11-17-19(18(27)12-24)20-21(26(17)14-9-7-13(25)8-10-14)23(29)16-6-4-3-5-15(16)22(20)28/h3-10H,11-12H2,1-2H3. The Morgan fingerprint density at radius 1 is 0.828 bits per heavy atom. The van der Waals surface area contributed by atoms with Crippen LogP contribution in [0, 0.1) is 5.41 Å². The van der Waals surface area contributed by atoms with Gasteiger partial charge in [-0.25, -0.2) is 0 Å². The molecule has 0 saturated carbocycles. The number of nitrogens with zero attached hydrogens (tertiary/aromatic N) is 1. The molecule has 0 aliphatic heterocycles. The highest BCUT2D eigenvalue weighted by atomic mass is 79.9. The third-order valence-corrected chi connectivity index (χ3v) is 6.30. The number of halogens is 1. The average Bonchev–Trinajstić information content (AvgIpc) is 3.01. The first-order valence-electron chi connectivity index (χ1n) is 9.54. The first kappa shape index (κ1) is 18.3. The van der Waals surface area contributed by atoms with E-state index in [0.717, 1.165) is 15.9 Å². The molecule has 2 aromatic carbocycles. The molecule has 5 rings (SSSR count). The molecule has 0 atom stereocenters. The third-order valence-electron chi connectivity index (χ3n) is 5.78. The van der Waals surface area contributed by atoms with E-state index in [2.05, 4.69) is 15.9 Å². The van der Waals surface area contributed by atoms with Crippen molar-refractivity contribution in [2.24, 2.45) is 5.41 Å². The Balaban J connectivity index is 1.89. The van der Waals surface area contributed by atoms with Gasteiger partial charge >= 0.3 is 0 Å². The average molecular weight is 448 g/mol. The number of Topliss-reactive ketones (excluding diaryl/α,β-unsaturated/α-hetero) is 1. The van der Waals surface area contributed by atoms with Crippen molar-refractivity contribution in [1.82, 2.24) is 4.57 Å². The zero-order valence-corrected chi connectivity index (χ0v) is 17.7. The van der Waals surface area contributed by atoms with Gasteiger partial charge in [-0.05, 0) is 36.1 Å². The molecule has 2 aliphatic rings. The maximum Gasteiger partial charge on any atom is 0.211 e. The van der Waals surface area contributed by atoms with Crippen LogP contribution in [-0.4, -0.2) is 21.9 Å². The van der Waals surface area contributed by atoms with E-state index >= 15 is 0 Å². The van der Waals surface area contributed by atoms with Crippen LogP contribution in [0.4, 0.5) is 0 Å². The first-order chi connectivity index (χ1) is 13.8. The van der Waals surface area contributed by atoms with Gasteiger partial charge in [0, 0.05) is 33.4 Å². The Morgan fingerprint density at radius 3 is 2.10 bits per heavy atom. The number of carbonyl (C=O) groups is 3. The molecule has 2 aliphatic carbocycles. The van der Waals surface area contributed by atoms with Crippen molar-refractivity contribution >= 4 is 33.3 Å². The molecule has 0 bridgehead atoms. The summed E-state index contributed by atoms with van der Waals surface area (Å²) in [6.45, 7) is 4.09. The lowest BCUT2D eigenvalue weighted by molar-refractivity contribution is 0.0902. The second-order valence-electron chi connectivity index (χ2n) is 8.50. The largest absolute Gasteiger partial charge is 0.309 e. The predicted octanol–water partition coefficient (Wildman–Crippen LogP) is 5.17. The number of carbonyl (C=O) groups excluding carboxylic acids is 3. The van der Waals surface area contributed by atoms with Crippen LogP contribution in [0.25, 0.3) is 5.69 Å². The quantitative estimate of drug-likeness (QED) is 0.404. The van der Waals surface area contributed by atoms with Crippen LogP contribution < -0.4 is 0 Å². The highest BCUT2D eigenvalue weighted by molar-refractivity contribution is 9.10. The molecule has 29 heavy (non-hydrogen) atoms. The molecule has 0 fully saturated rings. The van der Waals surface area contributed by atoms with Gasteiger partial charge in [-0.3, -0.25) is 14.4 Å². The summed E-state index contributed by atoms with van der Waals surface area (Å²) in [5.74, 6) is -0.516. The Bertz CT molecular complexity index is 1230. The van der Waals surface area contributed by atoms with E-state index in [-0.39, 0.29) is 28.3 Å². The summed E-state index contributed by atoms with van der Waals surface area (Å²) in [6, 6.07) is 14.4. The minimum absolute atomic E-state index is 0.0658. The Hall–Kier alpha value is -2.79. The molecule has 144 valence electrons. The summed E-state index contributed by atoms with van der Waals surface area (Å²) < 4.78 is 2.76. The minimum Gasteiger partial charge on any atom is -0.309 e. The minimum atomic E-state index is -0.240. The zero-order valence-electron chi connectivity index (χ0n) is 16.1. The van der Waals surface area contributed by atoms with Gasteiger partial charge in [0.25, 0.3) is 0 Å². The molecule has 1 heterocycles. The Morgan fingerprint density at radius 2 is 1.45 bits per heavy atom. The topological polar surface area (TPSA) is 56.1 Å². The number of hydrogen-bond donors (Lipinski definition) is 0. The van der Waals surface area contributed by atoms with Crippen molar-refractivity contribution in [1.29, 1.82) is 0 Å². The van der Waals surface area contributed by atoms with Gasteiger partial charge in [-0.15, -0.1) is 0 Å². The van der Waals surface area contributed by atoms with Crippen LogP contribution in [0.1, 0.15) is 68.3 Å². The molecular formula is C24H18BrNO3. The normalized spacial score (nSPS) is 17.0. The van der Waals surface area contributed by atoms with E-state index in [9.17, 15) is 14.4 Å². The lowest BCUT2D eigenvalue weighted by Gasteiger charge is -2.30. The van der Waals surface area contributed by atoms with Crippen LogP contribution in [0.2, 0.25) is 0 Å². The summed E-state index contributed by atoms with van der Waals surface area (Å²) >= 11 is 3.44. The predicted molar refractivity (Wildman–Crippen MR) is 113 cm³/mol. The fourth-order valence-electron chi connectivity index (χ4n) is 4.58. The van der Waals surface area contributed by atoms with Crippen molar-refractivity contribution in [3.8, 4) is 5.69 Å². The van der Waals surface area contributed by atoms with Gasteiger partial charge in [-0.2, -0.15) is 0 Å². The van der Waals surface area contributed by atoms with Gasteiger partial charge in [0.05, 0.1) is 11.1 Å². The molecule has 4 nitrogen and oxygen atoms in total. The van der Waals surface area contributed by atoms with E-state index in [1.165, 1.54) is 0 Å². The number of hydrogen-bond acceptors (Lipinski definition) is 3. The Kier molecular flexibility index (Phi) is 3.84. The fraction of sp³-hybridized carbons (Fsp3) is 0.208. The highest BCUT2D eigenvalue weighted by Gasteiger charge is 2.44. The maximum absolute atomic E-state index is 13.5. The van der Waals surface area contributed by atoms with Crippen molar-refractivity contribution in [2.75, 3.05) is 0 Å².